The minimum Gasteiger partial charge on any atom is -0.508 e. The smallest absolute Gasteiger partial charge is 0.251 e. The van der Waals surface area contributed by atoms with Crippen LogP contribution < -0.4 is 5.32 Å². The number of aliphatic hydroxyl groups is 1. The van der Waals surface area contributed by atoms with Crippen molar-refractivity contribution in [3.63, 3.8) is 0 Å². The molecule has 1 saturated carbocycles. The number of hydrogen-bond donors (Lipinski definition) is 3. The van der Waals surface area contributed by atoms with Gasteiger partial charge in [-0.1, -0.05) is 6.92 Å². The van der Waals surface area contributed by atoms with Crippen molar-refractivity contribution >= 4 is 5.91 Å². The van der Waals surface area contributed by atoms with E-state index in [1.54, 1.807) is 18.2 Å². The molecule has 1 aliphatic rings. The molecule has 4 nitrogen and oxygen atoms in total. The summed E-state index contributed by atoms with van der Waals surface area (Å²) in [4.78, 5) is 12.2. The van der Waals surface area contributed by atoms with Crippen LogP contribution in [0.15, 0.2) is 18.2 Å². The molecule has 1 fully saturated rings. The third-order valence-electron chi connectivity index (χ3n) is 3.93. The summed E-state index contributed by atoms with van der Waals surface area (Å²) >= 11 is 0. The lowest BCUT2D eigenvalue weighted by molar-refractivity contribution is 0.0824. The molecular formula is C15H21NO3. The number of nitrogens with one attached hydrogen (secondary N) is 1. The first kappa shape index (κ1) is 13.9. The van der Waals surface area contributed by atoms with E-state index in [-0.39, 0.29) is 18.3 Å². The van der Waals surface area contributed by atoms with E-state index in [9.17, 15) is 15.0 Å². The number of amides is 1. The van der Waals surface area contributed by atoms with Gasteiger partial charge in [0.05, 0.1) is 12.1 Å². The molecule has 19 heavy (non-hydrogen) atoms. The molecule has 0 aromatic heterocycles. The summed E-state index contributed by atoms with van der Waals surface area (Å²) < 4.78 is 0. The average Bonchev–Trinajstić information content (AvgIpc) is 3.23. The Kier molecular flexibility index (Phi) is 3.80. The van der Waals surface area contributed by atoms with Crippen molar-refractivity contribution in [2.45, 2.75) is 38.6 Å². The van der Waals surface area contributed by atoms with Gasteiger partial charge in [-0.15, -0.1) is 0 Å². The van der Waals surface area contributed by atoms with Crippen LogP contribution in [0.4, 0.5) is 0 Å². The largest absolute Gasteiger partial charge is 0.508 e. The van der Waals surface area contributed by atoms with Gasteiger partial charge in [0.25, 0.3) is 5.91 Å². The highest BCUT2D eigenvalue weighted by Crippen LogP contribution is 2.39. The summed E-state index contributed by atoms with van der Waals surface area (Å²) in [5, 5.41) is 22.0. The van der Waals surface area contributed by atoms with E-state index in [2.05, 4.69) is 5.32 Å². The summed E-state index contributed by atoms with van der Waals surface area (Å²) in [5.74, 6) is 0.383. The Morgan fingerprint density at radius 2 is 2.16 bits per heavy atom. The first-order valence-corrected chi connectivity index (χ1v) is 6.75. The van der Waals surface area contributed by atoms with E-state index in [0.717, 1.165) is 18.4 Å². The minimum atomic E-state index is -0.540. The molecule has 1 aromatic rings. The van der Waals surface area contributed by atoms with Gasteiger partial charge in [-0.05, 0) is 55.9 Å². The van der Waals surface area contributed by atoms with Gasteiger partial charge in [0.15, 0.2) is 0 Å². The van der Waals surface area contributed by atoms with Gasteiger partial charge in [-0.3, -0.25) is 4.79 Å². The topological polar surface area (TPSA) is 69.6 Å². The number of aryl methyl sites for hydroxylation is 1. The van der Waals surface area contributed by atoms with E-state index in [1.165, 1.54) is 0 Å². The summed E-state index contributed by atoms with van der Waals surface area (Å²) in [6.07, 6.45) is 2.77. The van der Waals surface area contributed by atoms with Crippen LogP contribution in [0.25, 0.3) is 0 Å². The monoisotopic (exact) mass is 263 g/mol. The first-order valence-electron chi connectivity index (χ1n) is 6.75. The van der Waals surface area contributed by atoms with Crippen LogP contribution in [0.5, 0.6) is 5.75 Å². The first-order chi connectivity index (χ1) is 9.00. The van der Waals surface area contributed by atoms with Crippen LogP contribution in [0.2, 0.25) is 0 Å². The number of carbonyl (C=O) groups excluding carboxylic acids is 1. The van der Waals surface area contributed by atoms with Crippen LogP contribution >= 0.6 is 0 Å². The SMILES string of the molecule is CCc1cc(C(=O)NC(C)(CO)C2CC2)ccc1O. The van der Waals surface area contributed by atoms with Gasteiger partial charge < -0.3 is 15.5 Å². The predicted molar refractivity (Wildman–Crippen MR) is 73.2 cm³/mol. The molecule has 1 aromatic carbocycles. The Morgan fingerprint density at radius 1 is 1.47 bits per heavy atom. The van der Waals surface area contributed by atoms with Crippen LogP contribution in [-0.4, -0.2) is 28.3 Å². The maximum Gasteiger partial charge on any atom is 0.251 e. The zero-order chi connectivity index (χ0) is 14.0. The van der Waals surface area contributed by atoms with Crippen molar-refractivity contribution < 1.29 is 15.0 Å². The summed E-state index contributed by atoms with van der Waals surface area (Å²) in [6.45, 7) is 3.75. The van der Waals surface area contributed by atoms with Crippen molar-refractivity contribution in [3.8, 4) is 5.75 Å². The lowest BCUT2D eigenvalue weighted by Gasteiger charge is -2.28. The maximum atomic E-state index is 12.2. The Hall–Kier alpha value is -1.55. The average molecular weight is 263 g/mol. The second-order valence-corrected chi connectivity index (χ2v) is 5.50. The fraction of sp³-hybridized carbons (Fsp3) is 0.533. The second kappa shape index (κ2) is 5.21. The van der Waals surface area contributed by atoms with Crippen LogP contribution in [0.3, 0.4) is 0 Å². The molecule has 0 heterocycles. The van der Waals surface area contributed by atoms with Gasteiger partial charge in [0, 0.05) is 5.56 Å². The van der Waals surface area contributed by atoms with Gasteiger partial charge in [-0.2, -0.15) is 0 Å². The quantitative estimate of drug-likeness (QED) is 0.759. The second-order valence-electron chi connectivity index (χ2n) is 5.50. The molecular weight excluding hydrogens is 242 g/mol. The number of aromatic hydroxyl groups is 1. The van der Waals surface area contributed by atoms with E-state index >= 15 is 0 Å². The molecule has 0 spiro atoms. The van der Waals surface area contributed by atoms with Crippen LogP contribution in [-0.2, 0) is 6.42 Å². The van der Waals surface area contributed by atoms with Gasteiger partial charge in [0.1, 0.15) is 5.75 Å². The third kappa shape index (κ3) is 2.89. The fourth-order valence-corrected chi connectivity index (χ4v) is 2.33. The summed E-state index contributed by atoms with van der Waals surface area (Å²) in [5.41, 5.74) is 0.737. The van der Waals surface area contributed by atoms with Crippen molar-refractivity contribution in [2.75, 3.05) is 6.61 Å². The number of phenolic OH excluding ortho intramolecular Hbond substituents is 1. The zero-order valence-electron chi connectivity index (χ0n) is 11.4. The number of aliphatic hydroxyl groups excluding tert-OH is 1. The molecule has 0 radical (unpaired) electrons. The van der Waals surface area contributed by atoms with E-state index in [1.807, 2.05) is 13.8 Å². The van der Waals surface area contributed by atoms with Crippen molar-refractivity contribution in [1.82, 2.24) is 5.32 Å². The maximum absolute atomic E-state index is 12.2. The van der Waals surface area contributed by atoms with Crippen molar-refractivity contribution in [3.05, 3.63) is 29.3 Å². The third-order valence-corrected chi connectivity index (χ3v) is 3.93. The van der Waals surface area contributed by atoms with E-state index in [0.29, 0.717) is 17.9 Å². The molecule has 1 aliphatic carbocycles. The highest BCUT2D eigenvalue weighted by molar-refractivity contribution is 5.95. The molecule has 0 aliphatic heterocycles. The predicted octanol–water partition coefficient (Wildman–Crippen LogP) is 1.85. The molecule has 0 saturated heterocycles. The molecule has 4 heteroatoms. The lowest BCUT2D eigenvalue weighted by atomic mass is 9.96. The van der Waals surface area contributed by atoms with Crippen molar-refractivity contribution in [2.24, 2.45) is 5.92 Å². The molecule has 1 unspecified atom stereocenters. The molecule has 3 N–H and O–H groups in total. The summed E-state index contributed by atoms with van der Waals surface area (Å²) in [6, 6.07) is 4.85. The minimum absolute atomic E-state index is 0.0534. The van der Waals surface area contributed by atoms with Crippen molar-refractivity contribution in [1.29, 1.82) is 0 Å². The number of phenols is 1. The summed E-state index contributed by atoms with van der Waals surface area (Å²) in [7, 11) is 0. The van der Waals surface area contributed by atoms with E-state index < -0.39 is 5.54 Å². The Labute approximate surface area is 113 Å². The van der Waals surface area contributed by atoms with E-state index in [4.69, 9.17) is 0 Å². The zero-order valence-corrected chi connectivity index (χ0v) is 11.4. The van der Waals surface area contributed by atoms with Crippen LogP contribution in [0.1, 0.15) is 42.6 Å². The number of carbonyl (C=O) groups is 1. The Bertz CT molecular complexity index is 482. The molecule has 0 bridgehead atoms. The number of benzene rings is 1. The van der Waals surface area contributed by atoms with Gasteiger partial charge in [0.2, 0.25) is 0 Å². The van der Waals surface area contributed by atoms with Gasteiger partial charge in [-0.25, -0.2) is 0 Å². The molecule has 2 rings (SSSR count). The number of rotatable bonds is 5. The standard InChI is InChI=1S/C15H21NO3/c1-3-10-8-11(4-7-13(10)18)14(19)16-15(2,9-17)12-5-6-12/h4,7-8,12,17-18H,3,5-6,9H2,1-2H3,(H,16,19). The molecule has 104 valence electrons. The highest BCUT2D eigenvalue weighted by Gasteiger charge is 2.42. The number of hydrogen-bond acceptors (Lipinski definition) is 3. The molecule has 1 atom stereocenters. The normalized spacial score (nSPS) is 17.8. The fourth-order valence-electron chi connectivity index (χ4n) is 2.33. The highest BCUT2D eigenvalue weighted by atomic mass is 16.3. The van der Waals surface area contributed by atoms with Crippen LogP contribution in [0, 0.1) is 5.92 Å². The Morgan fingerprint density at radius 3 is 2.68 bits per heavy atom. The Balaban J connectivity index is 2.15. The lowest BCUT2D eigenvalue weighted by Crippen LogP contribution is -2.50. The van der Waals surface area contributed by atoms with Gasteiger partial charge >= 0.3 is 0 Å². The molecule has 1 amide bonds.